The minimum absolute atomic E-state index is 0.193. The van der Waals surface area contributed by atoms with Crippen molar-refractivity contribution in [1.29, 1.82) is 0 Å². The minimum atomic E-state index is -0.344. The molecule has 0 unspecified atom stereocenters. The quantitative estimate of drug-likeness (QED) is 0.639. The first-order chi connectivity index (χ1) is 15.3. The number of urea groups is 1. The molecule has 31 heavy (non-hydrogen) atoms. The number of carbonyl (C=O) groups is 1. The molecular weight excluding hydrogens is 414 g/mol. The first-order valence-corrected chi connectivity index (χ1v) is 11.1. The Balaban J connectivity index is 1.32. The van der Waals surface area contributed by atoms with Gasteiger partial charge < -0.3 is 25.0 Å². The highest BCUT2D eigenvalue weighted by molar-refractivity contribution is 7.99. The zero-order valence-corrected chi connectivity index (χ0v) is 17.5. The van der Waals surface area contributed by atoms with Gasteiger partial charge >= 0.3 is 6.03 Å². The number of fused-ring (bicyclic) bond motifs is 1. The van der Waals surface area contributed by atoms with E-state index in [0.717, 1.165) is 41.7 Å². The Bertz CT molecular complexity index is 1100. The van der Waals surface area contributed by atoms with Gasteiger partial charge in [0.05, 0.1) is 0 Å². The van der Waals surface area contributed by atoms with Crippen LogP contribution in [0.15, 0.2) is 54.9 Å². The summed E-state index contributed by atoms with van der Waals surface area (Å²) < 4.78 is 10.6. The van der Waals surface area contributed by atoms with Crippen molar-refractivity contribution in [2.45, 2.75) is 0 Å². The number of thioether (sulfide) groups is 1. The Morgan fingerprint density at radius 2 is 1.71 bits per heavy atom. The van der Waals surface area contributed by atoms with Gasteiger partial charge in [-0.3, -0.25) is 4.98 Å². The third-order valence-electron chi connectivity index (χ3n) is 5.01. The summed E-state index contributed by atoms with van der Waals surface area (Å²) in [5.41, 5.74) is 3.01. The predicted octanol–water partition coefficient (Wildman–Crippen LogP) is 4.07. The SMILES string of the molecule is O=C(Nc1cccc(-c2nccnc2N2CCSCC2)c1)Nc1ccc2c(c1)OCO2. The topological polar surface area (TPSA) is 88.6 Å². The van der Waals surface area contributed by atoms with Gasteiger partial charge in [-0.2, -0.15) is 11.8 Å². The summed E-state index contributed by atoms with van der Waals surface area (Å²) in [6.45, 7) is 2.09. The minimum Gasteiger partial charge on any atom is -0.454 e. The molecule has 0 spiro atoms. The fourth-order valence-corrected chi connectivity index (χ4v) is 4.46. The number of ether oxygens (including phenoxy) is 2. The van der Waals surface area contributed by atoms with E-state index in [-0.39, 0.29) is 12.8 Å². The molecule has 158 valence electrons. The van der Waals surface area contributed by atoms with Gasteiger partial charge in [0.15, 0.2) is 17.3 Å². The molecule has 3 heterocycles. The van der Waals surface area contributed by atoms with E-state index in [2.05, 4.69) is 25.5 Å². The molecule has 2 N–H and O–H groups in total. The number of amides is 2. The molecule has 1 saturated heterocycles. The Kier molecular flexibility index (Phi) is 5.49. The van der Waals surface area contributed by atoms with Crippen molar-refractivity contribution in [3.8, 4) is 22.8 Å². The highest BCUT2D eigenvalue weighted by atomic mass is 32.2. The van der Waals surface area contributed by atoms with Crippen molar-refractivity contribution >= 4 is 35.0 Å². The predicted molar refractivity (Wildman–Crippen MR) is 122 cm³/mol. The molecule has 1 aromatic heterocycles. The molecule has 1 fully saturated rings. The maximum Gasteiger partial charge on any atom is 0.323 e. The van der Waals surface area contributed by atoms with Crippen LogP contribution in [0.4, 0.5) is 22.0 Å². The summed E-state index contributed by atoms with van der Waals surface area (Å²) in [6, 6.07) is 12.6. The van der Waals surface area contributed by atoms with E-state index in [1.165, 1.54) is 0 Å². The first-order valence-electron chi connectivity index (χ1n) is 9.98. The van der Waals surface area contributed by atoms with Crippen molar-refractivity contribution in [1.82, 2.24) is 9.97 Å². The van der Waals surface area contributed by atoms with E-state index in [4.69, 9.17) is 9.47 Å². The van der Waals surface area contributed by atoms with Crippen LogP contribution in [0.5, 0.6) is 11.5 Å². The van der Waals surface area contributed by atoms with Crippen molar-refractivity contribution in [2.75, 3.05) is 46.9 Å². The Morgan fingerprint density at radius 3 is 2.58 bits per heavy atom. The standard InChI is InChI=1S/C22H21N5O3S/c28-22(26-17-4-5-18-19(13-17)30-14-29-18)25-16-3-1-2-15(12-16)20-21(24-7-6-23-20)27-8-10-31-11-9-27/h1-7,12-13H,8-11,14H2,(H2,25,26,28). The van der Waals surface area contributed by atoms with Crippen LogP contribution in [0.2, 0.25) is 0 Å². The molecule has 5 rings (SSSR count). The summed E-state index contributed by atoms with van der Waals surface area (Å²) in [4.78, 5) is 23.9. The van der Waals surface area contributed by atoms with Crippen LogP contribution < -0.4 is 25.0 Å². The van der Waals surface area contributed by atoms with Crippen LogP contribution in [0.3, 0.4) is 0 Å². The largest absolute Gasteiger partial charge is 0.454 e. The number of nitrogens with one attached hydrogen (secondary N) is 2. The van der Waals surface area contributed by atoms with Gasteiger partial charge in [-0.05, 0) is 24.3 Å². The molecule has 8 nitrogen and oxygen atoms in total. The molecule has 0 saturated carbocycles. The molecule has 0 radical (unpaired) electrons. The molecule has 2 aliphatic heterocycles. The molecule has 2 amide bonds. The number of nitrogens with zero attached hydrogens (tertiary/aromatic N) is 3. The summed E-state index contributed by atoms with van der Waals surface area (Å²) in [6.07, 6.45) is 3.42. The third-order valence-corrected chi connectivity index (χ3v) is 5.96. The zero-order chi connectivity index (χ0) is 21.0. The number of benzene rings is 2. The second-order valence-electron chi connectivity index (χ2n) is 7.06. The molecule has 2 aliphatic rings. The fraction of sp³-hybridized carbons (Fsp3) is 0.227. The highest BCUT2D eigenvalue weighted by Gasteiger charge is 2.18. The van der Waals surface area contributed by atoms with Gasteiger partial charge in [0, 0.05) is 60.0 Å². The van der Waals surface area contributed by atoms with Crippen LogP contribution in [0.1, 0.15) is 0 Å². The Hall–Kier alpha value is -3.46. The lowest BCUT2D eigenvalue weighted by molar-refractivity contribution is 0.174. The van der Waals surface area contributed by atoms with E-state index in [0.29, 0.717) is 22.9 Å². The number of anilines is 3. The molecule has 0 bridgehead atoms. The van der Waals surface area contributed by atoms with E-state index < -0.39 is 0 Å². The number of rotatable bonds is 4. The number of hydrogen-bond acceptors (Lipinski definition) is 7. The van der Waals surface area contributed by atoms with Gasteiger partial charge in [0.1, 0.15) is 5.69 Å². The lowest BCUT2D eigenvalue weighted by Crippen LogP contribution is -2.33. The average Bonchev–Trinajstić information content (AvgIpc) is 3.28. The molecule has 9 heteroatoms. The van der Waals surface area contributed by atoms with Crippen molar-refractivity contribution < 1.29 is 14.3 Å². The van der Waals surface area contributed by atoms with Gasteiger partial charge in [0.25, 0.3) is 0 Å². The van der Waals surface area contributed by atoms with Crippen LogP contribution >= 0.6 is 11.8 Å². The highest BCUT2D eigenvalue weighted by Crippen LogP contribution is 2.34. The number of aromatic nitrogens is 2. The Morgan fingerprint density at radius 1 is 0.935 bits per heavy atom. The van der Waals surface area contributed by atoms with Crippen LogP contribution in [0.25, 0.3) is 11.3 Å². The molecule has 3 aromatic rings. The summed E-state index contributed by atoms with van der Waals surface area (Å²) in [5, 5.41) is 5.70. The lowest BCUT2D eigenvalue weighted by atomic mass is 10.1. The maximum atomic E-state index is 12.5. The van der Waals surface area contributed by atoms with Crippen LogP contribution in [-0.4, -0.2) is 47.4 Å². The molecule has 0 atom stereocenters. The Labute approximate surface area is 184 Å². The van der Waals surface area contributed by atoms with Crippen LogP contribution in [-0.2, 0) is 0 Å². The van der Waals surface area contributed by atoms with E-state index in [1.54, 1.807) is 30.6 Å². The van der Waals surface area contributed by atoms with Gasteiger partial charge in [-0.15, -0.1) is 0 Å². The molecular formula is C22H21N5O3S. The second kappa shape index (κ2) is 8.73. The summed E-state index contributed by atoms with van der Waals surface area (Å²) in [5.74, 6) is 4.33. The average molecular weight is 436 g/mol. The number of carbonyl (C=O) groups excluding carboxylic acids is 1. The van der Waals surface area contributed by atoms with Crippen molar-refractivity contribution in [2.24, 2.45) is 0 Å². The van der Waals surface area contributed by atoms with E-state index >= 15 is 0 Å². The fourth-order valence-electron chi connectivity index (χ4n) is 3.55. The van der Waals surface area contributed by atoms with Crippen molar-refractivity contribution in [3.05, 3.63) is 54.9 Å². The normalized spacial score (nSPS) is 14.9. The van der Waals surface area contributed by atoms with E-state index in [9.17, 15) is 4.79 Å². The van der Waals surface area contributed by atoms with E-state index in [1.807, 2.05) is 36.0 Å². The third kappa shape index (κ3) is 4.36. The molecule has 0 aliphatic carbocycles. The van der Waals surface area contributed by atoms with Gasteiger partial charge in [-0.25, -0.2) is 9.78 Å². The summed E-state index contributed by atoms with van der Waals surface area (Å²) >= 11 is 1.95. The monoisotopic (exact) mass is 435 g/mol. The van der Waals surface area contributed by atoms with Gasteiger partial charge in [-0.1, -0.05) is 12.1 Å². The second-order valence-corrected chi connectivity index (χ2v) is 8.28. The lowest BCUT2D eigenvalue weighted by Gasteiger charge is -2.28. The summed E-state index contributed by atoms with van der Waals surface area (Å²) in [7, 11) is 0. The van der Waals surface area contributed by atoms with Gasteiger partial charge in [0.2, 0.25) is 6.79 Å². The van der Waals surface area contributed by atoms with Crippen molar-refractivity contribution in [3.63, 3.8) is 0 Å². The van der Waals surface area contributed by atoms with Crippen LogP contribution in [0, 0.1) is 0 Å². The maximum absolute atomic E-state index is 12.5. The first kappa shape index (κ1) is 19.5. The molecule has 2 aromatic carbocycles. The number of hydrogen-bond donors (Lipinski definition) is 2. The zero-order valence-electron chi connectivity index (χ0n) is 16.7. The smallest absolute Gasteiger partial charge is 0.323 e.